The molecule has 1 heterocycles. The number of rotatable bonds is 2. The first-order valence-corrected chi connectivity index (χ1v) is 6.69. The van der Waals surface area contributed by atoms with Crippen LogP contribution in [0, 0.1) is 11.2 Å². The van der Waals surface area contributed by atoms with Crippen molar-refractivity contribution in [3.63, 3.8) is 0 Å². The van der Waals surface area contributed by atoms with Crippen LogP contribution in [0.1, 0.15) is 25.8 Å². The molecule has 1 atom stereocenters. The van der Waals surface area contributed by atoms with Crippen LogP contribution in [0.2, 0.25) is 5.02 Å². The van der Waals surface area contributed by atoms with E-state index >= 15 is 0 Å². The summed E-state index contributed by atoms with van der Waals surface area (Å²) in [6, 6.07) is 5.05. The molecule has 2 rings (SSSR count). The van der Waals surface area contributed by atoms with Gasteiger partial charge in [0.15, 0.2) is 0 Å². The predicted octanol–water partition coefficient (Wildman–Crippen LogP) is 3.04. The van der Waals surface area contributed by atoms with Crippen molar-refractivity contribution in [3.8, 4) is 0 Å². The first kappa shape index (κ1) is 13.8. The molecule has 1 aliphatic heterocycles. The molecule has 2 nitrogen and oxygen atoms in total. The average molecular weight is 271 g/mol. The van der Waals surface area contributed by atoms with Gasteiger partial charge in [-0.1, -0.05) is 31.5 Å². The van der Waals surface area contributed by atoms with Gasteiger partial charge in [0.2, 0.25) is 0 Å². The van der Waals surface area contributed by atoms with Crippen LogP contribution in [0.3, 0.4) is 0 Å². The maximum absolute atomic E-state index is 13.7. The van der Waals surface area contributed by atoms with Crippen molar-refractivity contribution in [2.45, 2.75) is 32.9 Å². The Bertz CT molecular complexity index is 414. The Labute approximate surface area is 113 Å². The summed E-state index contributed by atoms with van der Waals surface area (Å²) in [5.41, 5.74) is 6.75. The van der Waals surface area contributed by atoms with Gasteiger partial charge in [0.1, 0.15) is 5.82 Å². The number of halogens is 2. The average Bonchev–Trinajstić information content (AvgIpc) is 2.28. The molecule has 4 heteroatoms. The fourth-order valence-corrected chi connectivity index (χ4v) is 2.75. The van der Waals surface area contributed by atoms with Gasteiger partial charge in [-0.25, -0.2) is 4.39 Å². The molecule has 0 aromatic heterocycles. The molecule has 2 N–H and O–H groups in total. The van der Waals surface area contributed by atoms with Crippen molar-refractivity contribution < 1.29 is 4.39 Å². The fourth-order valence-electron chi connectivity index (χ4n) is 2.53. The standard InChI is InChI=1S/C14H20ClFN2/c1-14(2)9-18(7-6-13(14)17)8-10-11(15)4-3-5-12(10)16/h3-5,13H,6-9,17H2,1-2H3. The van der Waals surface area contributed by atoms with Crippen molar-refractivity contribution in [1.82, 2.24) is 4.90 Å². The number of nitrogens with two attached hydrogens (primary N) is 1. The maximum atomic E-state index is 13.7. The first-order valence-electron chi connectivity index (χ1n) is 6.31. The Kier molecular flexibility index (Phi) is 3.95. The lowest BCUT2D eigenvalue weighted by Crippen LogP contribution is -2.52. The zero-order chi connectivity index (χ0) is 13.3. The Morgan fingerprint density at radius 2 is 2.22 bits per heavy atom. The predicted molar refractivity (Wildman–Crippen MR) is 73.1 cm³/mol. The maximum Gasteiger partial charge on any atom is 0.129 e. The van der Waals surface area contributed by atoms with Gasteiger partial charge in [0, 0.05) is 36.3 Å². The highest BCUT2D eigenvalue weighted by molar-refractivity contribution is 6.31. The van der Waals surface area contributed by atoms with Gasteiger partial charge in [-0.3, -0.25) is 4.90 Å². The molecule has 1 saturated heterocycles. The van der Waals surface area contributed by atoms with E-state index in [1.807, 2.05) is 0 Å². The van der Waals surface area contributed by atoms with Gasteiger partial charge in [-0.05, 0) is 24.0 Å². The van der Waals surface area contributed by atoms with E-state index in [0.29, 0.717) is 17.1 Å². The van der Waals surface area contributed by atoms with E-state index < -0.39 is 0 Å². The van der Waals surface area contributed by atoms with E-state index in [4.69, 9.17) is 17.3 Å². The SMILES string of the molecule is CC1(C)CN(Cc2c(F)cccc2Cl)CCC1N. The molecule has 100 valence electrons. The summed E-state index contributed by atoms with van der Waals surface area (Å²) in [4.78, 5) is 2.23. The quantitative estimate of drug-likeness (QED) is 0.895. The van der Waals surface area contributed by atoms with Gasteiger partial charge < -0.3 is 5.73 Å². The van der Waals surface area contributed by atoms with Crippen LogP contribution in [0.4, 0.5) is 4.39 Å². The van der Waals surface area contributed by atoms with E-state index in [1.54, 1.807) is 12.1 Å². The molecule has 0 saturated carbocycles. The van der Waals surface area contributed by atoms with Crippen LogP contribution in [-0.4, -0.2) is 24.0 Å². The molecule has 1 unspecified atom stereocenters. The van der Waals surface area contributed by atoms with Crippen LogP contribution >= 0.6 is 11.6 Å². The summed E-state index contributed by atoms with van der Waals surface area (Å²) >= 11 is 6.06. The molecular weight excluding hydrogens is 251 g/mol. The summed E-state index contributed by atoms with van der Waals surface area (Å²) in [6.07, 6.45) is 0.944. The topological polar surface area (TPSA) is 29.3 Å². The normalized spacial score (nSPS) is 24.2. The minimum atomic E-state index is -0.227. The first-order chi connectivity index (χ1) is 8.40. The molecule has 0 radical (unpaired) electrons. The molecule has 1 aliphatic rings. The zero-order valence-corrected chi connectivity index (χ0v) is 11.7. The second-order valence-electron chi connectivity index (χ2n) is 5.79. The summed E-state index contributed by atoms with van der Waals surface area (Å²) in [5, 5.41) is 0.502. The number of piperidine rings is 1. The summed E-state index contributed by atoms with van der Waals surface area (Å²) in [7, 11) is 0. The fraction of sp³-hybridized carbons (Fsp3) is 0.571. The Hall–Kier alpha value is -0.640. The smallest absolute Gasteiger partial charge is 0.129 e. The van der Waals surface area contributed by atoms with Crippen LogP contribution in [-0.2, 0) is 6.54 Å². The molecule has 0 spiro atoms. The molecule has 0 amide bonds. The lowest BCUT2D eigenvalue weighted by molar-refractivity contribution is 0.0890. The monoisotopic (exact) mass is 270 g/mol. The number of hydrogen-bond acceptors (Lipinski definition) is 2. The lowest BCUT2D eigenvalue weighted by Gasteiger charge is -2.42. The second-order valence-corrected chi connectivity index (χ2v) is 6.20. The lowest BCUT2D eigenvalue weighted by atomic mass is 9.79. The van der Waals surface area contributed by atoms with E-state index in [2.05, 4.69) is 18.7 Å². The molecule has 1 fully saturated rings. The largest absolute Gasteiger partial charge is 0.327 e. The molecule has 1 aromatic rings. The van der Waals surface area contributed by atoms with Crippen LogP contribution in [0.5, 0.6) is 0 Å². The molecular formula is C14H20ClFN2. The third-order valence-corrected chi connectivity index (χ3v) is 4.19. The van der Waals surface area contributed by atoms with Gasteiger partial charge in [0.05, 0.1) is 0 Å². The van der Waals surface area contributed by atoms with Gasteiger partial charge in [-0.2, -0.15) is 0 Å². The Morgan fingerprint density at radius 3 is 2.83 bits per heavy atom. The zero-order valence-electron chi connectivity index (χ0n) is 10.9. The van der Waals surface area contributed by atoms with Gasteiger partial charge in [0.25, 0.3) is 0 Å². The van der Waals surface area contributed by atoms with E-state index in [9.17, 15) is 4.39 Å². The third kappa shape index (κ3) is 2.85. The minimum Gasteiger partial charge on any atom is -0.327 e. The number of nitrogens with zero attached hydrogens (tertiary/aromatic N) is 1. The van der Waals surface area contributed by atoms with Crippen molar-refractivity contribution in [3.05, 3.63) is 34.6 Å². The van der Waals surface area contributed by atoms with Crippen molar-refractivity contribution >= 4 is 11.6 Å². The highest BCUT2D eigenvalue weighted by Crippen LogP contribution is 2.30. The van der Waals surface area contributed by atoms with E-state index in [1.165, 1.54) is 6.07 Å². The Balaban J connectivity index is 2.11. The molecule has 18 heavy (non-hydrogen) atoms. The summed E-state index contributed by atoms with van der Waals surface area (Å²) < 4.78 is 13.7. The van der Waals surface area contributed by atoms with Crippen LogP contribution in [0.25, 0.3) is 0 Å². The molecule has 1 aromatic carbocycles. The summed E-state index contributed by atoms with van der Waals surface area (Å²) in [6.45, 7) is 6.65. The third-order valence-electron chi connectivity index (χ3n) is 3.83. The number of likely N-dealkylation sites (tertiary alicyclic amines) is 1. The van der Waals surface area contributed by atoms with Crippen LogP contribution in [0.15, 0.2) is 18.2 Å². The number of benzene rings is 1. The second kappa shape index (κ2) is 5.16. The molecule has 0 aliphatic carbocycles. The van der Waals surface area contributed by atoms with Gasteiger partial charge >= 0.3 is 0 Å². The molecule has 0 bridgehead atoms. The Morgan fingerprint density at radius 1 is 1.50 bits per heavy atom. The number of hydrogen-bond donors (Lipinski definition) is 1. The summed E-state index contributed by atoms with van der Waals surface area (Å²) in [5.74, 6) is -0.227. The van der Waals surface area contributed by atoms with Gasteiger partial charge in [-0.15, -0.1) is 0 Å². The van der Waals surface area contributed by atoms with Crippen molar-refractivity contribution in [2.75, 3.05) is 13.1 Å². The van der Waals surface area contributed by atoms with Crippen LogP contribution < -0.4 is 5.73 Å². The highest BCUT2D eigenvalue weighted by Gasteiger charge is 2.33. The van der Waals surface area contributed by atoms with E-state index in [-0.39, 0.29) is 17.3 Å². The van der Waals surface area contributed by atoms with E-state index in [0.717, 1.165) is 19.5 Å². The minimum absolute atomic E-state index is 0.0655. The van der Waals surface area contributed by atoms with Crippen molar-refractivity contribution in [2.24, 2.45) is 11.1 Å². The highest BCUT2D eigenvalue weighted by atomic mass is 35.5. The van der Waals surface area contributed by atoms with Crippen molar-refractivity contribution in [1.29, 1.82) is 0 Å².